The van der Waals surface area contributed by atoms with Gasteiger partial charge < -0.3 is 9.80 Å². The maximum absolute atomic E-state index is 12.4. The molecule has 0 unspecified atom stereocenters. The third-order valence-electron chi connectivity index (χ3n) is 4.16. The summed E-state index contributed by atoms with van der Waals surface area (Å²) in [7, 11) is 0. The fraction of sp³-hybridized carbons (Fsp3) is 0.263. The highest BCUT2D eigenvalue weighted by atomic mass is 35.5. The van der Waals surface area contributed by atoms with Gasteiger partial charge >= 0.3 is 0 Å². The predicted octanol–water partition coefficient (Wildman–Crippen LogP) is 3.07. The van der Waals surface area contributed by atoms with Crippen LogP contribution in [0.1, 0.15) is 11.1 Å². The van der Waals surface area contributed by atoms with E-state index in [1.165, 1.54) is 0 Å². The highest BCUT2D eigenvalue weighted by molar-refractivity contribution is 6.30. The van der Waals surface area contributed by atoms with Gasteiger partial charge in [-0.1, -0.05) is 41.4 Å². The van der Waals surface area contributed by atoms with Crippen molar-refractivity contribution in [1.82, 2.24) is 4.90 Å². The van der Waals surface area contributed by atoms with Gasteiger partial charge in [0.25, 0.3) is 0 Å². The summed E-state index contributed by atoms with van der Waals surface area (Å²) in [5.41, 5.74) is 2.90. The zero-order valence-corrected chi connectivity index (χ0v) is 14.3. The minimum Gasteiger partial charge on any atom is -0.331 e. The van der Waals surface area contributed by atoms with E-state index < -0.39 is 0 Å². The molecule has 0 N–H and O–H groups in total. The molecule has 0 atom stereocenters. The van der Waals surface area contributed by atoms with Crippen LogP contribution in [0.3, 0.4) is 0 Å². The fourth-order valence-electron chi connectivity index (χ4n) is 2.82. The number of hydrogen-bond acceptors (Lipinski definition) is 2. The van der Waals surface area contributed by atoms with E-state index in [2.05, 4.69) is 0 Å². The van der Waals surface area contributed by atoms with Gasteiger partial charge in [0.2, 0.25) is 11.8 Å². The van der Waals surface area contributed by atoms with Crippen LogP contribution in [-0.4, -0.2) is 36.3 Å². The number of aryl methyl sites for hydroxylation is 1. The van der Waals surface area contributed by atoms with Crippen LogP contribution in [0.5, 0.6) is 0 Å². The standard InChI is InChI=1S/C19H19ClN2O2/c1-14-5-7-17(8-6-14)22-10-9-21(13-19(22)24)18(23)12-15-3-2-4-16(20)11-15/h2-8,11H,9-10,12-13H2,1H3. The number of nitrogens with zero attached hydrogens (tertiary/aromatic N) is 2. The molecule has 0 spiro atoms. The topological polar surface area (TPSA) is 40.6 Å². The summed E-state index contributed by atoms with van der Waals surface area (Å²) in [6.07, 6.45) is 0.262. The molecule has 2 amide bonds. The predicted molar refractivity (Wildman–Crippen MR) is 95.3 cm³/mol. The Hall–Kier alpha value is -2.33. The molecule has 1 aliphatic rings. The normalized spacial score (nSPS) is 14.8. The second-order valence-corrected chi connectivity index (χ2v) is 6.44. The van der Waals surface area contributed by atoms with Gasteiger partial charge in [0, 0.05) is 23.8 Å². The number of carbonyl (C=O) groups excluding carboxylic acids is 2. The van der Waals surface area contributed by atoms with Crippen molar-refractivity contribution in [1.29, 1.82) is 0 Å². The quantitative estimate of drug-likeness (QED) is 0.860. The molecule has 4 nitrogen and oxygen atoms in total. The Kier molecular flexibility index (Phi) is 4.86. The second kappa shape index (κ2) is 7.05. The maximum Gasteiger partial charge on any atom is 0.246 e. The molecule has 0 radical (unpaired) electrons. The Morgan fingerprint density at radius 3 is 2.54 bits per heavy atom. The Morgan fingerprint density at radius 1 is 1.12 bits per heavy atom. The molecule has 0 bridgehead atoms. The van der Waals surface area contributed by atoms with Crippen molar-refractivity contribution in [3.05, 3.63) is 64.7 Å². The van der Waals surface area contributed by atoms with Crippen LogP contribution in [0.4, 0.5) is 5.69 Å². The van der Waals surface area contributed by atoms with Crippen molar-refractivity contribution < 1.29 is 9.59 Å². The van der Waals surface area contributed by atoms with E-state index in [-0.39, 0.29) is 24.8 Å². The summed E-state index contributed by atoms with van der Waals surface area (Å²) in [5, 5.41) is 0.612. The lowest BCUT2D eigenvalue weighted by atomic mass is 10.1. The van der Waals surface area contributed by atoms with Crippen molar-refractivity contribution in [3.8, 4) is 0 Å². The molecule has 0 saturated carbocycles. The number of anilines is 1. The fourth-order valence-corrected chi connectivity index (χ4v) is 3.03. The lowest BCUT2D eigenvalue weighted by Gasteiger charge is -2.34. The highest BCUT2D eigenvalue weighted by Crippen LogP contribution is 2.19. The van der Waals surface area contributed by atoms with E-state index in [1.54, 1.807) is 21.9 Å². The second-order valence-electron chi connectivity index (χ2n) is 6.00. The first kappa shape index (κ1) is 16.5. The molecule has 124 valence electrons. The van der Waals surface area contributed by atoms with Gasteiger partial charge in [-0.05, 0) is 36.8 Å². The van der Waals surface area contributed by atoms with Crippen molar-refractivity contribution in [2.24, 2.45) is 0 Å². The van der Waals surface area contributed by atoms with Gasteiger partial charge in [0.1, 0.15) is 6.54 Å². The first-order valence-corrected chi connectivity index (χ1v) is 8.30. The van der Waals surface area contributed by atoms with Gasteiger partial charge in [-0.25, -0.2) is 0 Å². The molecule has 2 aromatic carbocycles. The first-order chi connectivity index (χ1) is 11.5. The molecule has 0 aliphatic carbocycles. The number of amides is 2. The lowest BCUT2D eigenvalue weighted by molar-refractivity contribution is -0.136. The van der Waals surface area contributed by atoms with Gasteiger partial charge in [-0.2, -0.15) is 0 Å². The molecule has 1 saturated heterocycles. The van der Waals surface area contributed by atoms with Crippen LogP contribution in [0.25, 0.3) is 0 Å². The Balaban J connectivity index is 1.63. The van der Waals surface area contributed by atoms with Crippen LogP contribution >= 0.6 is 11.6 Å². The summed E-state index contributed by atoms with van der Waals surface area (Å²) in [6, 6.07) is 15.1. The third kappa shape index (κ3) is 3.77. The minimum atomic E-state index is -0.0513. The average Bonchev–Trinajstić information content (AvgIpc) is 2.56. The van der Waals surface area contributed by atoms with E-state index in [4.69, 9.17) is 11.6 Å². The summed E-state index contributed by atoms with van der Waals surface area (Å²) >= 11 is 5.95. The molecule has 2 aromatic rings. The largest absolute Gasteiger partial charge is 0.331 e. The van der Waals surface area contributed by atoms with Crippen molar-refractivity contribution in [2.45, 2.75) is 13.3 Å². The van der Waals surface area contributed by atoms with Crippen LogP contribution in [0.2, 0.25) is 5.02 Å². The van der Waals surface area contributed by atoms with Crippen molar-refractivity contribution in [2.75, 3.05) is 24.5 Å². The van der Waals surface area contributed by atoms with E-state index in [1.807, 2.05) is 43.3 Å². The van der Waals surface area contributed by atoms with E-state index >= 15 is 0 Å². The van der Waals surface area contributed by atoms with E-state index in [9.17, 15) is 9.59 Å². The van der Waals surface area contributed by atoms with Crippen molar-refractivity contribution >= 4 is 29.1 Å². The Labute approximate surface area is 146 Å². The third-order valence-corrected chi connectivity index (χ3v) is 4.40. The monoisotopic (exact) mass is 342 g/mol. The number of hydrogen-bond donors (Lipinski definition) is 0. The lowest BCUT2D eigenvalue weighted by Crippen LogP contribution is -2.52. The molecule has 1 heterocycles. The number of rotatable bonds is 3. The van der Waals surface area contributed by atoms with Gasteiger partial charge in [-0.15, -0.1) is 0 Å². The molecule has 5 heteroatoms. The number of benzene rings is 2. The Morgan fingerprint density at radius 2 is 1.88 bits per heavy atom. The first-order valence-electron chi connectivity index (χ1n) is 7.92. The van der Waals surface area contributed by atoms with E-state index in [0.29, 0.717) is 18.1 Å². The molecule has 3 rings (SSSR count). The van der Waals surface area contributed by atoms with Crippen LogP contribution < -0.4 is 4.90 Å². The highest BCUT2D eigenvalue weighted by Gasteiger charge is 2.27. The average molecular weight is 343 g/mol. The van der Waals surface area contributed by atoms with Gasteiger partial charge in [-0.3, -0.25) is 9.59 Å². The zero-order valence-electron chi connectivity index (χ0n) is 13.5. The van der Waals surface area contributed by atoms with Gasteiger partial charge in [0.15, 0.2) is 0 Å². The summed E-state index contributed by atoms with van der Waals surface area (Å²) in [6.45, 7) is 3.19. The molecular weight excluding hydrogens is 324 g/mol. The summed E-state index contributed by atoms with van der Waals surface area (Å²) < 4.78 is 0. The Bertz CT molecular complexity index is 758. The number of carbonyl (C=O) groups is 2. The van der Waals surface area contributed by atoms with Crippen LogP contribution in [-0.2, 0) is 16.0 Å². The molecule has 24 heavy (non-hydrogen) atoms. The SMILES string of the molecule is Cc1ccc(N2CCN(C(=O)Cc3cccc(Cl)c3)CC2=O)cc1. The smallest absolute Gasteiger partial charge is 0.246 e. The van der Waals surface area contributed by atoms with Crippen molar-refractivity contribution in [3.63, 3.8) is 0 Å². The molecule has 1 aliphatic heterocycles. The molecular formula is C19H19ClN2O2. The number of halogens is 1. The van der Waals surface area contributed by atoms with Crippen LogP contribution in [0.15, 0.2) is 48.5 Å². The van der Waals surface area contributed by atoms with Crippen LogP contribution in [0, 0.1) is 6.92 Å². The van der Waals surface area contributed by atoms with Gasteiger partial charge in [0.05, 0.1) is 6.42 Å². The minimum absolute atomic E-state index is 0.0471. The maximum atomic E-state index is 12.4. The van der Waals surface area contributed by atoms with E-state index in [0.717, 1.165) is 16.8 Å². The molecule has 1 fully saturated rings. The molecule has 0 aromatic heterocycles. The summed E-state index contributed by atoms with van der Waals surface area (Å²) in [4.78, 5) is 28.2. The number of piperazine rings is 1. The zero-order chi connectivity index (χ0) is 17.1. The summed E-state index contributed by atoms with van der Waals surface area (Å²) in [5.74, 6) is -0.0984.